The van der Waals surface area contributed by atoms with Crippen molar-refractivity contribution in [2.45, 2.75) is 45.2 Å². The molecular weight excluding hydrogens is 291 g/mol. The summed E-state index contributed by atoms with van der Waals surface area (Å²) in [6.07, 6.45) is -1.72. The van der Waals surface area contributed by atoms with Crippen molar-refractivity contribution in [3.8, 4) is 0 Å². The van der Waals surface area contributed by atoms with Crippen LogP contribution < -0.4 is 0 Å². The number of alkyl halides is 3. The van der Waals surface area contributed by atoms with Gasteiger partial charge in [0.25, 0.3) is 0 Å². The van der Waals surface area contributed by atoms with Crippen LogP contribution >= 0.6 is 0 Å². The SMILES string of the molecule is CCCN(CCC)C(=O)C1CC1c1ccc(C(F)(F)F)cc1. The summed E-state index contributed by atoms with van der Waals surface area (Å²) < 4.78 is 37.7. The minimum atomic E-state index is -4.31. The van der Waals surface area contributed by atoms with Crippen LogP contribution in [0.1, 0.15) is 50.2 Å². The highest BCUT2D eigenvalue weighted by Crippen LogP contribution is 2.48. The molecule has 1 saturated carbocycles. The zero-order chi connectivity index (χ0) is 16.3. The van der Waals surface area contributed by atoms with Gasteiger partial charge in [-0.2, -0.15) is 13.2 Å². The van der Waals surface area contributed by atoms with Gasteiger partial charge in [0, 0.05) is 19.0 Å². The molecule has 0 aliphatic heterocycles. The number of hydrogen-bond donors (Lipinski definition) is 0. The number of rotatable bonds is 6. The van der Waals surface area contributed by atoms with Gasteiger partial charge < -0.3 is 4.90 Å². The molecule has 0 radical (unpaired) electrons. The van der Waals surface area contributed by atoms with Crippen molar-refractivity contribution in [2.75, 3.05) is 13.1 Å². The normalized spacial score (nSPS) is 20.8. The lowest BCUT2D eigenvalue weighted by Crippen LogP contribution is -2.34. The fourth-order valence-corrected chi connectivity index (χ4v) is 2.86. The van der Waals surface area contributed by atoms with E-state index >= 15 is 0 Å². The van der Waals surface area contributed by atoms with Crippen molar-refractivity contribution in [1.82, 2.24) is 4.90 Å². The summed E-state index contributed by atoms with van der Waals surface area (Å²) in [6, 6.07) is 5.21. The third kappa shape index (κ3) is 3.81. The summed E-state index contributed by atoms with van der Waals surface area (Å²) in [7, 11) is 0. The second-order valence-electron chi connectivity index (χ2n) is 5.89. The van der Waals surface area contributed by atoms with E-state index in [1.807, 2.05) is 18.7 Å². The van der Waals surface area contributed by atoms with E-state index in [9.17, 15) is 18.0 Å². The Labute approximate surface area is 129 Å². The van der Waals surface area contributed by atoms with Crippen molar-refractivity contribution < 1.29 is 18.0 Å². The molecule has 2 rings (SSSR count). The van der Waals surface area contributed by atoms with Gasteiger partial charge in [-0.25, -0.2) is 0 Å². The third-order valence-corrected chi connectivity index (χ3v) is 4.07. The first kappa shape index (κ1) is 16.8. The van der Waals surface area contributed by atoms with Crippen LogP contribution in [0.5, 0.6) is 0 Å². The highest BCUT2D eigenvalue weighted by atomic mass is 19.4. The molecule has 0 heterocycles. The topological polar surface area (TPSA) is 20.3 Å². The average molecular weight is 313 g/mol. The Hall–Kier alpha value is -1.52. The maximum atomic E-state index is 12.6. The Balaban J connectivity index is 2.00. The lowest BCUT2D eigenvalue weighted by atomic mass is 10.1. The van der Waals surface area contributed by atoms with E-state index in [4.69, 9.17) is 0 Å². The second kappa shape index (κ2) is 6.71. The smallest absolute Gasteiger partial charge is 0.342 e. The molecule has 2 atom stereocenters. The van der Waals surface area contributed by atoms with Gasteiger partial charge in [0.05, 0.1) is 5.56 Å². The standard InChI is InChI=1S/C17H22F3NO/c1-3-9-21(10-4-2)16(22)15-11-14(15)12-5-7-13(8-6-12)17(18,19)20/h5-8,14-15H,3-4,9-11H2,1-2H3. The molecule has 0 bridgehead atoms. The summed E-state index contributed by atoms with van der Waals surface area (Å²) in [5, 5.41) is 0. The van der Waals surface area contributed by atoms with E-state index in [1.54, 1.807) is 0 Å². The zero-order valence-electron chi connectivity index (χ0n) is 13.0. The van der Waals surface area contributed by atoms with Gasteiger partial charge in [0.15, 0.2) is 0 Å². The Kier molecular flexibility index (Phi) is 5.14. The van der Waals surface area contributed by atoms with E-state index in [0.717, 1.165) is 50.0 Å². The molecule has 1 fully saturated rings. The van der Waals surface area contributed by atoms with Gasteiger partial charge in [-0.05, 0) is 42.9 Å². The van der Waals surface area contributed by atoms with E-state index in [2.05, 4.69) is 0 Å². The second-order valence-corrected chi connectivity index (χ2v) is 5.89. The van der Waals surface area contributed by atoms with Gasteiger partial charge in [-0.1, -0.05) is 26.0 Å². The van der Waals surface area contributed by atoms with Crippen LogP contribution in [-0.4, -0.2) is 23.9 Å². The lowest BCUT2D eigenvalue weighted by molar-refractivity contribution is -0.137. The van der Waals surface area contributed by atoms with Crippen LogP contribution in [-0.2, 0) is 11.0 Å². The van der Waals surface area contributed by atoms with Crippen LogP contribution in [0.2, 0.25) is 0 Å². The predicted octanol–water partition coefficient (Wildman–Crippen LogP) is 4.46. The van der Waals surface area contributed by atoms with E-state index in [-0.39, 0.29) is 17.7 Å². The van der Waals surface area contributed by atoms with Crippen LogP contribution in [0.25, 0.3) is 0 Å². The molecule has 22 heavy (non-hydrogen) atoms. The first-order valence-corrected chi connectivity index (χ1v) is 7.84. The van der Waals surface area contributed by atoms with Gasteiger partial charge in [0.2, 0.25) is 5.91 Å². The van der Waals surface area contributed by atoms with Gasteiger partial charge in [0.1, 0.15) is 0 Å². The molecule has 0 spiro atoms. The Morgan fingerprint density at radius 1 is 1.14 bits per heavy atom. The molecule has 1 amide bonds. The summed E-state index contributed by atoms with van der Waals surface area (Å²) in [5.41, 5.74) is 0.192. The molecule has 1 aliphatic rings. The fourth-order valence-electron chi connectivity index (χ4n) is 2.86. The van der Waals surface area contributed by atoms with Gasteiger partial charge >= 0.3 is 6.18 Å². The van der Waals surface area contributed by atoms with E-state index in [0.29, 0.717) is 0 Å². The monoisotopic (exact) mass is 313 g/mol. The first-order valence-electron chi connectivity index (χ1n) is 7.84. The van der Waals surface area contributed by atoms with Crippen molar-refractivity contribution >= 4 is 5.91 Å². The number of carbonyl (C=O) groups is 1. The summed E-state index contributed by atoms with van der Waals surface area (Å²) in [6.45, 7) is 5.58. The molecule has 2 nitrogen and oxygen atoms in total. The molecule has 1 aromatic rings. The molecular formula is C17H22F3NO. The summed E-state index contributed by atoms with van der Waals surface area (Å²) in [4.78, 5) is 14.3. The molecule has 5 heteroatoms. The third-order valence-electron chi connectivity index (χ3n) is 4.07. The highest BCUT2D eigenvalue weighted by Gasteiger charge is 2.45. The van der Waals surface area contributed by atoms with Gasteiger partial charge in [-0.15, -0.1) is 0 Å². The number of amides is 1. The molecule has 122 valence electrons. The van der Waals surface area contributed by atoms with Crippen molar-refractivity contribution in [1.29, 1.82) is 0 Å². The van der Waals surface area contributed by atoms with Crippen molar-refractivity contribution in [2.24, 2.45) is 5.92 Å². The molecule has 0 N–H and O–H groups in total. The van der Waals surface area contributed by atoms with Crippen LogP contribution in [0, 0.1) is 5.92 Å². The van der Waals surface area contributed by atoms with Crippen molar-refractivity contribution in [3.05, 3.63) is 35.4 Å². The molecule has 0 saturated heterocycles. The first-order chi connectivity index (χ1) is 10.4. The van der Waals surface area contributed by atoms with Crippen molar-refractivity contribution in [3.63, 3.8) is 0 Å². The highest BCUT2D eigenvalue weighted by molar-refractivity contribution is 5.83. The van der Waals surface area contributed by atoms with Crippen LogP contribution in [0.3, 0.4) is 0 Å². The Bertz CT molecular complexity index is 504. The number of benzene rings is 1. The summed E-state index contributed by atoms with van der Waals surface area (Å²) >= 11 is 0. The largest absolute Gasteiger partial charge is 0.416 e. The maximum Gasteiger partial charge on any atom is 0.416 e. The summed E-state index contributed by atoms with van der Waals surface area (Å²) in [5.74, 6) is 0.162. The molecule has 2 unspecified atom stereocenters. The number of hydrogen-bond acceptors (Lipinski definition) is 1. The minimum Gasteiger partial charge on any atom is -0.342 e. The molecule has 1 aliphatic carbocycles. The lowest BCUT2D eigenvalue weighted by Gasteiger charge is -2.21. The quantitative estimate of drug-likeness (QED) is 0.759. The average Bonchev–Trinajstić information content (AvgIpc) is 3.26. The molecule has 0 aromatic heterocycles. The maximum absolute atomic E-state index is 12.6. The fraction of sp³-hybridized carbons (Fsp3) is 0.588. The zero-order valence-corrected chi connectivity index (χ0v) is 13.0. The Morgan fingerprint density at radius 2 is 1.68 bits per heavy atom. The minimum absolute atomic E-state index is 0.0603. The van der Waals surface area contributed by atoms with E-state index < -0.39 is 11.7 Å². The van der Waals surface area contributed by atoms with Gasteiger partial charge in [-0.3, -0.25) is 4.79 Å². The number of halogens is 3. The Morgan fingerprint density at radius 3 is 2.14 bits per heavy atom. The van der Waals surface area contributed by atoms with E-state index in [1.165, 1.54) is 12.1 Å². The van der Waals surface area contributed by atoms with Crippen LogP contribution in [0.15, 0.2) is 24.3 Å². The molecule has 1 aromatic carbocycles. The number of nitrogens with zero attached hydrogens (tertiary/aromatic N) is 1. The van der Waals surface area contributed by atoms with Crippen LogP contribution in [0.4, 0.5) is 13.2 Å². The number of carbonyl (C=O) groups excluding carboxylic acids is 1. The predicted molar refractivity (Wildman–Crippen MR) is 79.5 cm³/mol.